The van der Waals surface area contributed by atoms with Crippen molar-refractivity contribution in [1.29, 1.82) is 0 Å². The Kier molecular flexibility index (Phi) is 5.67. The first-order valence-electron chi connectivity index (χ1n) is 12.5. The molecule has 7 rings (SSSR count). The van der Waals surface area contributed by atoms with Gasteiger partial charge in [-0.3, -0.25) is 10.1 Å². The average molecular weight is 475 g/mol. The molecule has 2 bridgehead atoms. The van der Waals surface area contributed by atoms with E-state index in [-0.39, 0.29) is 29.6 Å². The molecule has 0 radical (unpaired) electrons. The summed E-state index contributed by atoms with van der Waals surface area (Å²) in [5, 5.41) is 23.7. The number of phenolic OH excluding ortho intramolecular Hbond substituents is 1. The van der Waals surface area contributed by atoms with Gasteiger partial charge in [-0.05, 0) is 56.4 Å². The van der Waals surface area contributed by atoms with Crippen molar-refractivity contribution in [2.45, 2.75) is 62.3 Å². The van der Waals surface area contributed by atoms with E-state index >= 15 is 0 Å². The molecule has 6 heterocycles. The van der Waals surface area contributed by atoms with Crippen LogP contribution in [0.15, 0.2) is 43.0 Å². The Labute approximate surface area is 203 Å². The molecule has 4 saturated heterocycles. The predicted octanol–water partition coefficient (Wildman–Crippen LogP) is 4.28. The first kappa shape index (κ1) is 22.4. The number of aromatic hydroxyl groups is 1. The minimum atomic E-state index is -0.898. The Hall–Kier alpha value is -3.07. The summed E-state index contributed by atoms with van der Waals surface area (Å²) in [6.07, 6.45) is 6.80. The maximum absolute atomic E-state index is 12.3. The van der Waals surface area contributed by atoms with E-state index in [1.165, 1.54) is 6.08 Å². The molecule has 4 fully saturated rings. The van der Waals surface area contributed by atoms with Crippen LogP contribution in [0.1, 0.15) is 61.8 Å². The normalized spacial score (nSPS) is 28.6. The smallest absolute Gasteiger partial charge is 0.201 e. The van der Waals surface area contributed by atoms with Gasteiger partial charge in [0.2, 0.25) is 5.78 Å². The van der Waals surface area contributed by atoms with Gasteiger partial charge < -0.3 is 19.6 Å². The van der Waals surface area contributed by atoms with Crippen LogP contribution in [0.4, 0.5) is 0 Å². The van der Waals surface area contributed by atoms with E-state index in [2.05, 4.69) is 27.1 Å². The van der Waals surface area contributed by atoms with Crippen LogP contribution in [0.2, 0.25) is 0 Å². The van der Waals surface area contributed by atoms with Crippen LogP contribution >= 0.6 is 0 Å². The van der Waals surface area contributed by atoms with Crippen molar-refractivity contribution in [2.75, 3.05) is 13.2 Å². The van der Waals surface area contributed by atoms with Gasteiger partial charge in [-0.1, -0.05) is 18.7 Å². The fourth-order valence-corrected chi connectivity index (χ4v) is 5.89. The Morgan fingerprint density at radius 1 is 1.20 bits per heavy atom. The lowest BCUT2D eigenvalue weighted by atomic mass is 9.79. The molecular formula is C27H30N4O4. The maximum Gasteiger partial charge on any atom is 0.201 e. The summed E-state index contributed by atoms with van der Waals surface area (Å²) in [6.45, 7) is 4.84. The van der Waals surface area contributed by atoms with Gasteiger partial charge in [-0.25, -0.2) is 0 Å². The second kappa shape index (κ2) is 8.86. The molecule has 4 atom stereocenters. The highest BCUT2D eigenvalue weighted by atomic mass is 16.5. The second-order valence-electron chi connectivity index (χ2n) is 9.83. The lowest BCUT2D eigenvalue weighted by Crippen LogP contribution is -2.70. The summed E-state index contributed by atoms with van der Waals surface area (Å²) in [7, 11) is 0. The number of phenols is 1. The molecule has 1 aromatic carbocycles. The molecule has 3 N–H and O–H groups in total. The molecular weight excluding hydrogens is 444 g/mol. The number of aromatic amines is 1. The van der Waals surface area contributed by atoms with Gasteiger partial charge in [0.1, 0.15) is 5.75 Å². The minimum Gasteiger partial charge on any atom is -0.507 e. The number of ketones is 1. The number of hydrogen-bond acceptors (Lipinski definition) is 7. The van der Waals surface area contributed by atoms with E-state index in [1.54, 1.807) is 12.1 Å². The summed E-state index contributed by atoms with van der Waals surface area (Å²) >= 11 is 0. The molecule has 0 saturated carbocycles. The van der Waals surface area contributed by atoms with Gasteiger partial charge in [-0.2, -0.15) is 0 Å². The summed E-state index contributed by atoms with van der Waals surface area (Å²) < 4.78 is 12.3. The van der Waals surface area contributed by atoms with Crippen LogP contribution < -0.4 is 5.32 Å². The van der Waals surface area contributed by atoms with Gasteiger partial charge in [0.05, 0.1) is 18.4 Å². The zero-order chi connectivity index (χ0) is 24.0. The molecule has 8 nitrogen and oxygen atoms in total. The highest BCUT2D eigenvalue weighted by molar-refractivity contribution is 5.97. The number of ether oxygens (including phenoxy) is 2. The van der Waals surface area contributed by atoms with E-state index in [1.807, 2.05) is 18.2 Å². The SMILES string of the molecule is C=CC(=O)C12C[C@@H](C[C@@H](c3[nH]c4nnc(-c5ccccc5O)cc4c3[C@H]3CCCCO3)CCO1)N2. The molecule has 8 heteroatoms. The maximum atomic E-state index is 12.3. The number of benzene rings is 1. The van der Waals surface area contributed by atoms with Crippen LogP contribution in [0, 0.1) is 0 Å². The van der Waals surface area contributed by atoms with Crippen LogP contribution in [-0.4, -0.2) is 51.1 Å². The molecule has 3 aromatic rings. The van der Waals surface area contributed by atoms with Crippen molar-refractivity contribution >= 4 is 16.8 Å². The van der Waals surface area contributed by atoms with E-state index < -0.39 is 5.72 Å². The number of carbonyl (C=O) groups is 1. The predicted molar refractivity (Wildman–Crippen MR) is 131 cm³/mol. The third-order valence-electron chi connectivity index (χ3n) is 7.66. The standard InChI is InChI=1S/C27H30N4O4/c1-2-23(33)27-15-17(29-27)13-16(10-12-35-27)25-24(22-9-5-6-11-34-22)19-14-20(30-31-26(19)28-25)18-7-3-4-8-21(18)32/h2-4,7-8,14,16-17,22,29,32H,1,5-6,9-13,15H2,(H,28,31)/t16-,17+,22+,27?/m0/s1. The fourth-order valence-electron chi connectivity index (χ4n) is 5.89. The van der Waals surface area contributed by atoms with Gasteiger partial charge in [-0.15, -0.1) is 10.2 Å². The van der Waals surface area contributed by atoms with Crippen LogP contribution in [0.3, 0.4) is 0 Å². The van der Waals surface area contributed by atoms with Gasteiger partial charge >= 0.3 is 0 Å². The van der Waals surface area contributed by atoms with Crippen molar-refractivity contribution in [3.8, 4) is 17.0 Å². The largest absolute Gasteiger partial charge is 0.507 e. The number of fused-ring (bicyclic) bond motifs is 5. The van der Waals surface area contributed by atoms with Crippen LogP contribution in [-0.2, 0) is 14.3 Å². The number of hydrogen-bond donors (Lipinski definition) is 3. The average Bonchev–Trinajstić information content (AvgIpc) is 3.22. The third kappa shape index (κ3) is 3.86. The molecule has 182 valence electrons. The molecule has 0 amide bonds. The number of carbonyl (C=O) groups excluding carboxylic acids is 1. The Balaban J connectivity index is 1.39. The Morgan fingerprint density at radius 2 is 2.06 bits per heavy atom. The number of para-hydroxylation sites is 1. The van der Waals surface area contributed by atoms with Crippen molar-refractivity contribution in [2.24, 2.45) is 0 Å². The molecule has 1 unspecified atom stereocenters. The second-order valence-corrected chi connectivity index (χ2v) is 9.83. The quantitative estimate of drug-likeness (QED) is 0.474. The summed E-state index contributed by atoms with van der Waals surface area (Å²) in [5.74, 6) is 0.284. The number of nitrogens with one attached hydrogen (secondary N) is 2. The number of aromatic nitrogens is 3. The van der Waals surface area contributed by atoms with Gasteiger partial charge in [0.15, 0.2) is 11.4 Å². The van der Waals surface area contributed by atoms with Crippen molar-refractivity contribution in [3.63, 3.8) is 0 Å². The number of rotatable bonds is 5. The van der Waals surface area contributed by atoms with Crippen molar-refractivity contribution in [3.05, 3.63) is 54.2 Å². The minimum absolute atomic E-state index is 0.0175. The highest BCUT2D eigenvalue weighted by Crippen LogP contribution is 2.44. The molecule has 35 heavy (non-hydrogen) atoms. The van der Waals surface area contributed by atoms with E-state index in [0.717, 1.165) is 61.0 Å². The Bertz CT molecular complexity index is 1270. The fraction of sp³-hybridized carbons (Fsp3) is 0.444. The number of H-pyrrole nitrogens is 1. The molecule has 4 aliphatic heterocycles. The summed E-state index contributed by atoms with van der Waals surface area (Å²) in [4.78, 5) is 15.9. The van der Waals surface area contributed by atoms with E-state index in [4.69, 9.17) is 9.47 Å². The third-order valence-corrected chi connectivity index (χ3v) is 7.66. The Morgan fingerprint density at radius 3 is 2.83 bits per heavy atom. The van der Waals surface area contributed by atoms with E-state index in [9.17, 15) is 9.90 Å². The lowest BCUT2D eigenvalue weighted by Gasteiger charge is -2.49. The lowest BCUT2D eigenvalue weighted by molar-refractivity contribution is -0.172. The zero-order valence-electron chi connectivity index (χ0n) is 19.6. The molecule has 0 aliphatic carbocycles. The van der Waals surface area contributed by atoms with Crippen LogP contribution in [0.5, 0.6) is 5.75 Å². The summed E-state index contributed by atoms with van der Waals surface area (Å²) in [5.41, 5.74) is 3.38. The monoisotopic (exact) mass is 474 g/mol. The van der Waals surface area contributed by atoms with Gasteiger partial charge in [0.25, 0.3) is 0 Å². The van der Waals surface area contributed by atoms with Gasteiger partial charge in [0, 0.05) is 47.2 Å². The van der Waals surface area contributed by atoms with E-state index in [0.29, 0.717) is 24.3 Å². The van der Waals surface area contributed by atoms with Crippen molar-refractivity contribution in [1.82, 2.24) is 20.5 Å². The molecule has 2 aromatic heterocycles. The molecule has 4 aliphatic rings. The highest BCUT2D eigenvalue weighted by Gasteiger charge is 2.51. The van der Waals surface area contributed by atoms with Crippen LogP contribution in [0.25, 0.3) is 22.3 Å². The topological polar surface area (TPSA) is 109 Å². The first-order chi connectivity index (χ1) is 17.1. The molecule has 0 spiro atoms. The first-order valence-corrected chi connectivity index (χ1v) is 12.5. The number of nitrogens with zero attached hydrogens (tertiary/aromatic N) is 2. The zero-order valence-corrected chi connectivity index (χ0v) is 19.6. The van der Waals surface area contributed by atoms with Crippen molar-refractivity contribution < 1.29 is 19.4 Å². The summed E-state index contributed by atoms with van der Waals surface area (Å²) in [6, 6.07) is 9.39.